The van der Waals surface area contributed by atoms with Crippen LogP contribution in [0.1, 0.15) is 13.3 Å². The van der Waals surface area contributed by atoms with Gasteiger partial charge in [0.2, 0.25) is 15.9 Å². The molecule has 0 aliphatic rings. The minimum atomic E-state index is -4.01. The van der Waals surface area contributed by atoms with Gasteiger partial charge in [-0.2, -0.15) is 4.31 Å². The molecule has 10 heteroatoms. The van der Waals surface area contributed by atoms with E-state index in [1.54, 1.807) is 6.92 Å². The molecule has 1 N–H and O–H groups in total. The number of rotatable bonds is 7. The molecular weight excluding hydrogens is 405 g/mol. The molecule has 0 heterocycles. The maximum atomic E-state index is 13.7. The lowest BCUT2D eigenvalue weighted by atomic mass is 10.2. The van der Waals surface area contributed by atoms with Crippen LogP contribution in [0.3, 0.4) is 0 Å². The zero-order valence-corrected chi connectivity index (χ0v) is 15.7. The van der Waals surface area contributed by atoms with Crippen LogP contribution in [0.25, 0.3) is 0 Å². The molecule has 5 nitrogen and oxygen atoms in total. The van der Waals surface area contributed by atoms with Gasteiger partial charge in [0.05, 0.1) is 17.1 Å². The van der Waals surface area contributed by atoms with Crippen molar-refractivity contribution in [2.24, 2.45) is 0 Å². The van der Waals surface area contributed by atoms with Crippen LogP contribution >= 0.6 is 11.6 Å². The minimum absolute atomic E-state index is 0.0264. The molecule has 2 aromatic carbocycles. The third-order valence-electron chi connectivity index (χ3n) is 3.55. The summed E-state index contributed by atoms with van der Waals surface area (Å²) in [6.45, 7) is 1.12. The maximum absolute atomic E-state index is 13.7. The molecule has 0 unspecified atom stereocenters. The lowest BCUT2D eigenvalue weighted by Crippen LogP contribution is -2.38. The van der Waals surface area contributed by atoms with E-state index in [-0.39, 0.29) is 11.4 Å². The predicted octanol–water partition coefficient (Wildman–Crippen LogP) is 3.80. The average molecular weight is 421 g/mol. The van der Waals surface area contributed by atoms with Crippen molar-refractivity contribution in [1.29, 1.82) is 0 Å². The van der Waals surface area contributed by atoms with Gasteiger partial charge in [0.25, 0.3) is 0 Å². The average Bonchev–Trinajstić information content (AvgIpc) is 2.62. The van der Waals surface area contributed by atoms with Crippen molar-refractivity contribution in [1.82, 2.24) is 4.31 Å². The van der Waals surface area contributed by atoms with E-state index in [1.165, 1.54) is 24.3 Å². The molecule has 0 radical (unpaired) electrons. The highest BCUT2D eigenvalue weighted by Gasteiger charge is 2.26. The molecule has 146 valence electrons. The van der Waals surface area contributed by atoms with E-state index in [0.29, 0.717) is 17.5 Å². The Labute approximate surface area is 159 Å². The lowest BCUT2D eigenvalue weighted by molar-refractivity contribution is -0.116. The normalized spacial score (nSPS) is 11.6. The van der Waals surface area contributed by atoms with Crippen molar-refractivity contribution in [2.45, 2.75) is 18.2 Å². The summed E-state index contributed by atoms with van der Waals surface area (Å²) in [4.78, 5) is 12.1. The molecule has 0 aliphatic carbocycles. The monoisotopic (exact) mass is 420 g/mol. The molecule has 2 rings (SSSR count). The van der Waals surface area contributed by atoms with E-state index in [2.05, 4.69) is 5.32 Å². The number of sulfonamides is 1. The van der Waals surface area contributed by atoms with Gasteiger partial charge in [-0.1, -0.05) is 18.5 Å². The summed E-state index contributed by atoms with van der Waals surface area (Å²) >= 11 is 5.75. The number of nitrogens with zero attached hydrogens (tertiary/aromatic N) is 1. The summed E-state index contributed by atoms with van der Waals surface area (Å²) < 4.78 is 66.2. The Bertz CT molecular complexity index is 937. The van der Waals surface area contributed by atoms with Crippen molar-refractivity contribution in [3.05, 3.63) is 58.9 Å². The van der Waals surface area contributed by atoms with Gasteiger partial charge in [0, 0.05) is 11.6 Å². The van der Waals surface area contributed by atoms with Gasteiger partial charge in [-0.3, -0.25) is 4.79 Å². The summed E-state index contributed by atoms with van der Waals surface area (Å²) in [5.74, 6) is -5.59. The molecule has 0 aromatic heterocycles. The van der Waals surface area contributed by atoms with Crippen LogP contribution in [-0.2, 0) is 14.8 Å². The van der Waals surface area contributed by atoms with Gasteiger partial charge in [0.1, 0.15) is 0 Å². The molecule has 0 bridgehead atoms. The van der Waals surface area contributed by atoms with E-state index in [9.17, 15) is 26.4 Å². The molecule has 0 saturated carbocycles. The highest BCUT2D eigenvalue weighted by Crippen LogP contribution is 2.21. The van der Waals surface area contributed by atoms with Crippen LogP contribution in [0.15, 0.2) is 41.3 Å². The molecule has 0 atom stereocenters. The smallest absolute Gasteiger partial charge is 0.243 e. The quantitative estimate of drug-likeness (QED) is 0.693. The second kappa shape index (κ2) is 8.73. The fourth-order valence-electron chi connectivity index (χ4n) is 2.26. The third-order valence-corrected chi connectivity index (χ3v) is 5.67. The highest BCUT2D eigenvalue weighted by atomic mass is 35.5. The molecule has 0 spiro atoms. The Kier molecular flexibility index (Phi) is 6.85. The van der Waals surface area contributed by atoms with E-state index < -0.39 is 45.6 Å². The first-order chi connectivity index (χ1) is 12.7. The van der Waals surface area contributed by atoms with Gasteiger partial charge in [-0.05, 0) is 42.8 Å². The van der Waals surface area contributed by atoms with Gasteiger partial charge >= 0.3 is 0 Å². The van der Waals surface area contributed by atoms with Gasteiger partial charge in [-0.25, -0.2) is 21.6 Å². The van der Waals surface area contributed by atoms with Gasteiger partial charge < -0.3 is 5.32 Å². The number of anilines is 1. The fourth-order valence-corrected chi connectivity index (χ4v) is 3.88. The van der Waals surface area contributed by atoms with Crippen LogP contribution in [0.5, 0.6) is 0 Å². The lowest BCUT2D eigenvalue weighted by Gasteiger charge is -2.21. The summed E-state index contributed by atoms with van der Waals surface area (Å²) in [7, 11) is -4.01. The van der Waals surface area contributed by atoms with Gasteiger partial charge in [-0.15, -0.1) is 0 Å². The third kappa shape index (κ3) is 5.00. The number of benzene rings is 2. The van der Waals surface area contributed by atoms with Gasteiger partial charge in [0.15, 0.2) is 17.5 Å². The Hall–Kier alpha value is -2.10. The first-order valence-corrected chi connectivity index (χ1v) is 9.67. The number of hydrogen-bond donors (Lipinski definition) is 1. The Morgan fingerprint density at radius 3 is 2.30 bits per heavy atom. The van der Waals surface area contributed by atoms with Crippen molar-refractivity contribution in [3.8, 4) is 0 Å². The number of carbonyl (C=O) groups is 1. The SMILES string of the molecule is CCCN(CC(=O)Nc1ccc(F)c(F)c1F)S(=O)(=O)c1ccc(Cl)cc1. The molecule has 2 aromatic rings. The molecular formula is C17H16ClF3N2O3S. The highest BCUT2D eigenvalue weighted by molar-refractivity contribution is 7.89. The second-order valence-electron chi connectivity index (χ2n) is 5.56. The van der Waals surface area contributed by atoms with E-state index in [0.717, 1.165) is 10.4 Å². The largest absolute Gasteiger partial charge is 0.322 e. The topological polar surface area (TPSA) is 66.5 Å². The van der Waals surface area contributed by atoms with Crippen LogP contribution in [0.4, 0.5) is 18.9 Å². The first-order valence-electron chi connectivity index (χ1n) is 7.86. The van der Waals surface area contributed by atoms with Crippen molar-refractivity contribution < 1.29 is 26.4 Å². The van der Waals surface area contributed by atoms with E-state index in [1.807, 2.05) is 0 Å². The fraction of sp³-hybridized carbons (Fsp3) is 0.235. The van der Waals surface area contributed by atoms with Crippen LogP contribution < -0.4 is 5.32 Å². The predicted molar refractivity (Wildman–Crippen MR) is 95.4 cm³/mol. The number of carbonyl (C=O) groups excluding carboxylic acids is 1. The number of halogens is 4. The van der Waals surface area contributed by atoms with Crippen molar-refractivity contribution >= 4 is 33.2 Å². The van der Waals surface area contributed by atoms with Crippen LogP contribution in [0, 0.1) is 17.5 Å². The molecule has 0 saturated heterocycles. The molecule has 0 aliphatic heterocycles. The van der Waals surface area contributed by atoms with Crippen molar-refractivity contribution in [3.63, 3.8) is 0 Å². The minimum Gasteiger partial charge on any atom is -0.322 e. The second-order valence-corrected chi connectivity index (χ2v) is 7.94. The Morgan fingerprint density at radius 2 is 1.70 bits per heavy atom. The summed E-state index contributed by atoms with van der Waals surface area (Å²) in [6, 6.07) is 6.90. The molecule has 1 amide bonds. The Morgan fingerprint density at radius 1 is 1.07 bits per heavy atom. The van der Waals surface area contributed by atoms with Crippen LogP contribution in [0.2, 0.25) is 5.02 Å². The van der Waals surface area contributed by atoms with Crippen LogP contribution in [-0.4, -0.2) is 31.7 Å². The summed E-state index contributed by atoms with van der Waals surface area (Å²) in [5, 5.41) is 2.40. The zero-order chi connectivity index (χ0) is 20.2. The zero-order valence-electron chi connectivity index (χ0n) is 14.2. The van der Waals surface area contributed by atoms with E-state index >= 15 is 0 Å². The summed E-state index contributed by atoms with van der Waals surface area (Å²) in [5.41, 5.74) is -0.584. The summed E-state index contributed by atoms with van der Waals surface area (Å²) in [6.07, 6.45) is 0.416. The molecule has 27 heavy (non-hydrogen) atoms. The number of nitrogens with one attached hydrogen (secondary N) is 1. The van der Waals surface area contributed by atoms with Crippen molar-refractivity contribution in [2.75, 3.05) is 18.4 Å². The molecule has 0 fully saturated rings. The Balaban J connectivity index is 2.21. The van der Waals surface area contributed by atoms with E-state index in [4.69, 9.17) is 11.6 Å². The first kappa shape index (κ1) is 21.2. The number of amides is 1. The maximum Gasteiger partial charge on any atom is 0.243 e. The number of hydrogen-bond acceptors (Lipinski definition) is 3. The standard InChI is InChI=1S/C17H16ClF3N2O3S/c1-2-9-23(27(25,26)12-5-3-11(18)4-6-12)10-15(24)22-14-8-7-13(19)16(20)17(14)21/h3-8H,2,9-10H2,1H3,(H,22,24).